The van der Waals surface area contributed by atoms with Crippen LogP contribution in [0.15, 0.2) is 77.9 Å². The molecule has 1 N–H and O–H groups in total. The number of amides is 1. The number of hydrogen-bond acceptors (Lipinski definition) is 3. The first-order valence-electron chi connectivity index (χ1n) is 8.17. The van der Waals surface area contributed by atoms with Gasteiger partial charge in [0.2, 0.25) is 0 Å². The minimum Gasteiger partial charge on any atom is -0.488 e. The van der Waals surface area contributed by atoms with Crippen molar-refractivity contribution in [3.05, 3.63) is 99.5 Å². The molecule has 0 bridgehead atoms. The van der Waals surface area contributed by atoms with Crippen molar-refractivity contribution in [2.24, 2.45) is 5.10 Å². The van der Waals surface area contributed by atoms with E-state index in [4.69, 9.17) is 27.9 Å². The zero-order valence-corrected chi connectivity index (χ0v) is 15.7. The average Bonchev–Trinajstić information content (AvgIpc) is 2.68. The molecule has 136 valence electrons. The van der Waals surface area contributed by atoms with Gasteiger partial charge in [-0.2, -0.15) is 5.10 Å². The quantitative estimate of drug-likeness (QED) is 0.450. The standard InChI is InChI=1S/C21H16Cl2N2O2/c22-18-10-8-16(9-11-18)21(26)25-24-13-17-5-1-2-7-20(17)27-14-15-4-3-6-19(23)12-15/h1-13H,14H2,(H,25,26)/b24-13-. The van der Waals surface area contributed by atoms with Crippen LogP contribution in [0.4, 0.5) is 0 Å². The average molecular weight is 399 g/mol. The second kappa shape index (κ2) is 9.21. The Balaban J connectivity index is 1.64. The first-order chi connectivity index (χ1) is 13.1. The normalized spacial score (nSPS) is 10.7. The third-order valence-electron chi connectivity index (χ3n) is 3.68. The van der Waals surface area contributed by atoms with Gasteiger partial charge in [0.1, 0.15) is 12.4 Å². The molecule has 27 heavy (non-hydrogen) atoms. The van der Waals surface area contributed by atoms with E-state index in [1.807, 2.05) is 48.5 Å². The molecule has 1 amide bonds. The maximum atomic E-state index is 12.1. The number of ether oxygens (including phenoxy) is 1. The highest BCUT2D eigenvalue weighted by Crippen LogP contribution is 2.19. The monoisotopic (exact) mass is 398 g/mol. The number of benzene rings is 3. The van der Waals surface area contributed by atoms with Crippen LogP contribution in [-0.4, -0.2) is 12.1 Å². The van der Waals surface area contributed by atoms with Gasteiger partial charge in [0, 0.05) is 21.2 Å². The van der Waals surface area contributed by atoms with E-state index in [9.17, 15) is 4.79 Å². The van der Waals surface area contributed by atoms with Crippen molar-refractivity contribution >= 4 is 35.3 Å². The van der Waals surface area contributed by atoms with Crippen molar-refractivity contribution < 1.29 is 9.53 Å². The largest absolute Gasteiger partial charge is 0.488 e. The number of hydrogen-bond donors (Lipinski definition) is 1. The van der Waals surface area contributed by atoms with Crippen LogP contribution in [0.5, 0.6) is 5.75 Å². The van der Waals surface area contributed by atoms with E-state index in [1.54, 1.807) is 30.5 Å². The van der Waals surface area contributed by atoms with Crippen LogP contribution >= 0.6 is 23.2 Å². The highest BCUT2D eigenvalue weighted by molar-refractivity contribution is 6.30. The topological polar surface area (TPSA) is 50.7 Å². The molecule has 3 aromatic rings. The van der Waals surface area contributed by atoms with Gasteiger partial charge in [-0.3, -0.25) is 4.79 Å². The van der Waals surface area contributed by atoms with E-state index in [-0.39, 0.29) is 5.91 Å². The van der Waals surface area contributed by atoms with E-state index in [0.717, 1.165) is 11.1 Å². The Labute approximate surface area is 167 Å². The zero-order chi connectivity index (χ0) is 19.1. The predicted molar refractivity (Wildman–Crippen MR) is 109 cm³/mol. The summed E-state index contributed by atoms with van der Waals surface area (Å²) in [6, 6.07) is 21.5. The van der Waals surface area contributed by atoms with Crippen LogP contribution in [0.1, 0.15) is 21.5 Å². The molecule has 3 rings (SSSR count). The molecule has 6 heteroatoms. The number of rotatable bonds is 6. The van der Waals surface area contributed by atoms with Crippen molar-refractivity contribution in [2.45, 2.75) is 6.61 Å². The molecule has 0 atom stereocenters. The second-order valence-corrected chi connectivity index (χ2v) is 6.54. The molecule has 0 saturated heterocycles. The SMILES string of the molecule is O=C(N/N=C\c1ccccc1OCc1cccc(Cl)c1)c1ccc(Cl)cc1. The molecule has 0 fully saturated rings. The van der Waals surface area contributed by atoms with Crippen LogP contribution in [0.25, 0.3) is 0 Å². The summed E-state index contributed by atoms with van der Waals surface area (Å²) in [6.45, 7) is 0.378. The molecule has 4 nitrogen and oxygen atoms in total. The Morgan fingerprint density at radius 3 is 2.52 bits per heavy atom. The Morgan fingerprint density at radius 2 is 1.74 bits per heavy atom. The third kappa shape index (κ3) is 5.58. The first-order valence-corrected chi connectivity index (χ1v) is 8.92. The summed E-state index contributed by atoms with van der Waals surface area (Å²) >= 11 is 11.8. The number of nitrogens with zero attached hydrogens (tertiary/aromatic N) is 1. The Morgan fingerprint density at radius 1 is 0.963 bits per heavy atom. The van der Waals surface area contributed by atoms with E-state index in [0.29, 0.717) is 28.0 Å². The third-order valence-corrected chi connectivity index (χ3v) is 4.17. The van der Waals surface area contributed by atoms with Crippen LogP contribution in [-0.2, 0) is 6.61 Å². The first kappa shape index (κ1) is 19.0. The van der Waals surface area contributed by atoms with E-state index >= 15 is 0 Å². The molecule has 0 spiro atoms. The van der Waals surface area contributed by atoms with Gasteiger partial charge in [-0.1, -0.05) is 47.5 Å². The molecule has 3 aromatic carbocycles. The summed E-state index contributed by atoms with van der Waals surface area (Å²) in [4.78, 5) is 12.1. The maximum Gasteiger partial charge on any atom is 0.271 e. The Bertz CT molecular complexity index is 956. The summed E-state index contributed by atoms with van der Waals surface area (Å²) in [5.74, 6) is 0.335. The van der Waals surface area contributed by atoms with Gasteiger partial charge in [0.15, 0.2) is 0 Å². The lowest BCUT2D eigenvalue weighted by Gasteiger charge is -2.09. The van der Waals surface area contributed by atoms with Gasteiger partial charge < -0.3 is 4.74 Å². The van der Waals surface area contributed by atoms with Crippen LogP contribution in [0.2, 0.25) is 10.0 Å². The fourth-order valence-electron chi connectivity index (χ4n) is 2.33. The van der Waals surface area contributed by atoms with Gasteiger partial charge in [0.25, 0.3) is 5.91 Å². The van der Waals surface area contributed by atoms with Gasteiger partial charge in [-0.25, -0.2) is 5.43 Å². The number of para-hydroxylation sites is 1. The number of halogens is 2. The number of carbonyl (C=O) groups excluding carboxylic acids is 1. The van der Waals surface area contributed by atoms with Crippen molar-refractivity contribution in [1.29, 1.82) is 0 Å². The molecule has 0 aliphatic heterocycles. The Hall–Kier alpha value is -2.82. The summed E-state index contributed by atoms with van der Waals surface area (Å²) in [5, 5.41) is 5.24. The van der Waals surface area contributed by atoms with Gasteiger partial charge >= 0.3 is 0 Å². The molecule has 0 aliphatic carbocycles. The lowest BCUT2D eigenvalue weighted by molar-refractivity contribution is 0.0955. The predicted octanol–water partition coefficient (Wildman–Crippen LogP) is 5.34. The summed E-state index contributed by atoms with van der Waals surface area (Å²) in [6.07, 6.45) is 1.54. The lowest BCUT2D eigenvalue weighted by Crippen LogP contribution is -2.17. The summed E-state index contributed by atoms with van der Waals surface area (Å²) in [7, 11) is 0. The van der Waals surface area contributed by atoms with Gasteiger partial charge in [0.05, 0.1) is 6.21 Å². The highest BCUT2D eigenvalue weighted by Gasteiger charge is 2.05. The van der Waals surface area contributed by atoms with Gasteiger partial charge in [-0.15, -0.1) is 0 Å². The van der Waals surface area contributed by atoms with Crippen molar-refractivity contribution in [2.75, 3.05) is 0 Å². The maximum absolute atomic E-state index is 12.1. The van der Waals surface area contributed by atoms with E-state index in [1.165, 1.54) is 0 Å². The molecule has 0 aliphatic rings. The van der Waals surface area contributed by atoms with Crippen molar-refractivity contribution in [1.82, 2.24) is 5.43 Å². The van der Waals surface area contributed by atoms with E-state index < -0.39 is 0 Å². The van der Waals surface area contributed by atoms with Crippen molar-refractivity contribution in [3.63, 3.8) is 0 Å². The Kier molecular flexibility index (Phi) is 6.47. The summed E-state index contributed by atoms with van der Waals surface area (Å²) < 4.78 is 5.86. The zero-order valence-electron chi connectivity index (χ0n) is 14.2. The lowest BCUT2D eigenvalue weighted by atomic mass is 10.2. The highest BCUT2D eigenvalue weighted by atomic mass is 35.5. The fourth-order valence-corrected chi connectivity index (χ4v) is 2.67. The van der Waals surface area contributed by atoms with Crippen molar-refractivity contribution in [3.8, 4) is 5.75 Å². The minimum absolute atomic E-state index is 0.319. The number of carbonyl (C=O) groups is 1. The smallest absolute Gasteiger partial charge is 0.271 e. The van der Waals surface area contributed by atoms with Crippen LogP contribution < -0.4 is 10.2 Å². The van der Waals surface area contributed by atoms with E-state index in [2.05, 4.69) is 10.5 Å². The number of nitrogens with one attached hydrogen (secondary N) is 1. The molecule has 0 saturated carbocycles. The van der Waals surface area contributed by atoms with Crippen LogP contribution in [0.3, 0.4) is 0 Å². The molecule has 0 unspecified atom stereocenters. The molecule has 0 aromatic heterocycles. The number of hydrazone groups is 1. The summed E-state index contributed by atoms with van der Waals surface area (Å²) in [5.41, 5.74) is 4.67. The fraction of sp³-hybridized carbons (Fsp3) is 0.0476. The van der Waals surface area contributed by atoms with Crippen LogP contribution in [0, 0.1) is 0 Å². The minimum atomic E-state index is -0.319. The van der Waals surface area contributed by atoms with Gasteiger partial charge in [-0.05, 0) is 54.1 Å². The molecule has 0 radical (unpaired) electrons. The molecular formula is C21H16Cl2N2O2. The molecular weight excluding hydrogens is 383 g/mol. The molecule has 0 heterocycles. The second-order valence-electron chi connectivity index (χ2n) is 5.66.